The average molecular weight is 395 g/mol. The zero-order chi connectivity index (χ0) is 17.6. The van der Waals surface area contributed by atoms with Crippen molar-refractivity contribution in [2.45, 2.75) is 31.6 Å². The van der Waals surface area contributed by atoms with Gasteiger partial charge in [0.15, 0.2) is 5.96 Å². The van der Waals surface area contributed by atoms with E-state index in [4.69, 9.17) is 0 Å². The molecule has 5 nitrogen and oxygen atoms in total. The minimum atomic E-state index is -0.00142. The van der Waals surface area contributed by atoms with Crippen molar-refractivity contribution in [2.24, 2.45) is 4.99 Å². The Balaban J connectivity index is 2.02. The Morgan fingerprint density at radius 1 is 1.25 bits per heavy atom. The predicted octanol–water partition coefficient (Wildman–Crippen LogP) is 2.51. The highest BCUT2D eigenvalue weighted by Gasteiger charge is 2.38. The van der Waals surface area contributed by atoms with Gasteiger partial charge in [-0.2, -0.15) is 0 Å². The first kappa shape index (κ1) is 18.8. The van der Waals surface area contributed by atoms with E-state index in [1.54, 1.807) is 19.0 Å². The van der Waals surface area contributed by atoms with Crippen LogP contribution in [-0.4, -0.2) is 50.5 Å². The number of guanidine groups is 1. The van der Waals surface area contributed by atoms with Crippen LogP contribution in [-0.2, 0) is 10.2 Å². The third kappa shape index (κ3) is 4.72. The molecule has 0 bridgehead atoms. The Morgan fingerprint density at radius 2 is 1.92 bits per heavy atom. The van der Waals surface area contributed by atoms with Crippen LogP contribution in [0.4, 0.5) is 0 Å². The lowest BCUT2D eigenvalue weighted by molar-refractivity contribution is -0.127. The lowest BCUT2D eigenvalue weighted by Gasteiger charge is -2.43. The van der Waals surface area contributed by atoms with E-state index in [1.807, 2.05) is 6.92 Å². The minimum Gasteiger partial charge on any atom is -0.357 e. The van der Waals surface area contributed by atoms with E-state index in [1.165, 1.54) is 24.8 Å². The summed E-state index contributed by atoms with van der Waals surface area (Å²) in [5.41, 5.74) is 1.53. The van der Waals surface area contributed by atoms with Crippen molar-refractivity contribution in [2.75, 3.05) is 33.7 Å². The van der Waals surface area contributed by atoms with Crippen molar-refractivity contribution in [1.29, 1.82) is 0 Å². The Morgan fingerprint density at radius 3 is 2.42 bits per heavy atom. The molecule has 1 amide bonds. The number of carbonyl (C=O) groups is 1. The molecule has 1 fully saturated rings. The second kappa shape index (κ2) is 8.51. The molecule has 24 heavy (non-hydrogen) atoms. The zero-order valence-corrected chi connectivity index (χ0v) is 16.3. The molecule has 0 aromatic heterocycles. The second-order valence-corrected chi connectivity index (χ2v) is 7.39. The maximum atomic E-state index is 11.7. The Bertz CT molecular complexity index is 579. The first-order valence-electron chi connectivity index (χ1n) is 8.45. The highest BCUT2D eigenvalue weighted by Crippen LogP contribution is 2.43. The van der Waals surface area contributed by atoms with Gasteiger partial charge >= 0.3 is 0 Å². The largest absolute Gasteiger partial charge is 0.357 e. The normalized spacial score (nSPS) is 16.2. The molecule has 0 radical (unpaired) electrons. The number of nitrogens with one attached hydrogen (secondary N) is 2. The fraction of sp³-hybridized carbons (Fsp3) is 0.556. The van der Waals surface area contributed by atoms with Crippen LogP contribution in [0.1, 0.15) is 31.7 Å². The number of hydrogen-bond acceptors (Lipinski definition) is 2. The summed E-state index contributed by atoms with van der Waals surface area (Å²) in [6.45, 7) is 3.79. The molecule has 2 rings (SSSR count). The average Bonchev–Trinajstić information content (AvgIpc) is 2.52. The molecule has 1 aliphatic rings. The van der Waals surface area contributed by atoms with Crippen molar-refractivity contribution in [3.63, 3.8) is 0 Å². The van der Waals surface area contributed by atoms with Crippen LogP contribution in [0.2, 0.25) is 0 Å². The van der Waals surface area contributed by atoms with Gasteiger partial charge in [0.25, 0.3) is 0 Å². The fourth-order valence-electron chi connectivity index (χ4n) is 2.86. The Kier molecular flexibility index (Phi) is 6.66. The summed E-state index contributed by atoms with van der Waals surface area (Å²) in [6.07, 6.45) is 3.61. The summed E-state index contributed by atoms with van der Waals surface area (Å²) in [4.78, 5) is 17.7. The quantitative estimate of drug-likeness (QED) is 0.575. The highest BCUT2D eigenvalue weighted by molar-refractivity contribution is 9.10. The summed E-state index contributed by atoms with van der Waals surface area (Å²) in [6, 6.07) is 8.60. The molecule has 1 aliphatic carbocycles. The van der Waals surface area contributed by atoms with E-state index >= 15 is 0 Å². The summed E-state index contributed by atoms with van der Waals surface area (Å²) >= 11 is 3.50. The molecule has 1 saturated carbocycles. The van der Waals surface area contributed by atoms with E-state index < -0.39 is 0 Å². The van der Waals surface area contributed by atoms with Gasteiger partial charge < -0.3 is 15.5 Å². The van der Waals surface area contributed by atoms with Gasteiger partial charge in [-0.05, 0) is 37.5 Å². The lowest BCUT2D eigenvalue weighted by Crippen LogP contribution is -2.49. The van der Waals surface area contributed by atoms with Gasteiger partial charge in [-0.1, -0.05) is 34.5 Å². The molecular weight excluding hydrogens is 368 g/mol. The molecule has 6 heteroatoms. The van der Waals surface area contributed by atoms with Crippen LogP contribution < -0.4 is 10.6 Å². The van der Waals surface area contributed by atoms with Gasteiger partial charge in [0.2, 0.25) is 5.91 Å². The summed E-state index contributed by atoms with van der Waals surface area (Å²) < 4.78 is 1.10. The molecule has 1 aromatic carbocycles. The molecule has 0 aliphatic heterocycles. The summed E-state index contributed by atoms with van der Waals surface area (Å²) in [5, 5.41) is 6.65. The number of benzene rings is 1. The van der Waals surface area contributed by atoms with Crippen LogP contribution in [0, 0.1) is 0 Å². The Labute approximate surface area is 153 Å². The van der Waals surface area contributed by atoms with Crippen LogP contribution in [0.25, 0.3) is 0 Å². The van der Waals surface area contributed by atoms with Crippen molar-refractivity contribution in [3.05, 3.63) is 34.3 Å². The number of nitrogens with zero attached hydrogens (tertiary/aromatic N) is 2. The maximum Gasteiger partial charge on any atom is 0.243 e. The number of hydrogen-bond donors (Lipinski definition) is 2. The third-order valence-electron chi connectivity index (χ3n) is 4.58. The van der Waals surface area contributed by atoms with E-state index in [-0.39, 0.29) is 17.9 Å². The Hall–Kier alpha value is -1.56. The monoisotopic (exact) mass is 394 g/mol. The molecule has 2 N–H and O–H groups in total. The van der Waals surface area contributed by atoms with E-state index in [2.05, 4.69) is 55.8 Å². The molecule has 0 spiro atoms. The van der Waals surface area contributed by atoms with Crippen LogP contribution in [0.5, 0.6) is 0 Å². The molecule has 0 saturated heterocycles. The fourth-order valence-corrected chi connectivity index (χ4v) is 3.12. The summed E-state index contributed by atoms with van der Waals surface area (Å²) in [5.74, 6) is 0.703. The van der Waals surface area contributed by atoms with Crippen LogP contribution in [0.15, 0.2) is 33.7 Å². The maximum absolute atomic E-state index is 11.7. The van der Waals surface area contributed by atoms with Crippen molar-refractivity contribution >= 4 is 27.8 Å². The van der Waals surface area contributed by atoms with Crippen molar-refractivity contribution < 1.29 is 4.79 Å². The zero-order valence-electron chi connectivity index (χ0n) is 14.7. The minimum absolute atomic E-state index is 0.00142. The SMILES string of the molecule is CCNC(=NCC(=O)N(C)C)NCC1(c2ccc(Br)cc2)CCC1. The highest BCUT2D eigenvalue weighted by atomic mass is 79.9. The van der Waals surface area contributed by atoms with E-state index in [0.29, 0.717) is 5.96 Å². The number of likely N-dealkylation sites (N-methyl/N-ethyl adjacent to an activating group) is 1. The molecule has 1 aromatic rings. The molecule has 0 unspecified atom stereocenters. The standard InChI is InChI=1S/C18H27BrN4O/c1-4-20-17(21-12-16(24)23(2)3)22-13-18(10-5-11-18)14-6-8-15(19)9-7-14/h6-9H,4-5,10-13H2,1-3H3,(H2,20,21,22). The van der Waals surface area contributed by atoms with Gasteiger partial charge in [-0.25, -0.2) is 4.99 Å². The van der Waals surface area contributed by atoms with Crippen molar-refractivity contribution in [3.8, 4) is 0 Å². The summed E-state index contributed by atoms with van der Waals surface area (Å²) in [7, 11) is 3.49. The number of amides is 1. The van der Waals surface area contributed by atoms with E-state index in [9.17, 15) is 4.79 Å². The van der Waals surface area contributed by atoms with Crippen LogP contribution >= 0.6 is 15.9 Å². The smallest absolute Gasteiger partial charge is 0.243 e. The molecular formula is C18H27BrN4O. The van der Waals surface area contributed by atoms with Gasteiger partial charge in [0.05, 0.1) is 0 Å². The molecule has 132 valence electrons. The number of rotatable bonds is 6. The predicted molar refractivity (Wildman–Crippen MR) is 102 cm³/mol. The van der Waals surface area contributed by atoms with Gasteiger partial charge in [0.1, 0.15) is 6.54 Å². The number of halogens is 1. The van der Waals surface area contributed by atoms with Gasteiger partial charge in [-0.3, -0.25) is 4.79 Å². The van der Waals surface area contributed by atoms with E-state index in [0.717, 1.165) is 17.6 Å². The number of carbonyl (C=O) groups excluding carboxylic acids is 1. The molecule has 0 heterocycles. The molecule has 0 atom stereocenters. The topological polar surface area (TPSA) is 56.7 Å². The first-order chi connectivity index (χ1) is 11.5. The van der Waals surface area contributed by atoms with Crippen LogP contribution in [0.3, 0.4) is 0 Å². The second-order valence-electron chi connectivity index (χ2n) is 6.48. The lowest BCUT2D eigenvalue weighted by atomic mass is 9.64. The third-order valence-corrected chi connectivity index (χ3v) is 5.11. The van der Waals surface area contributed by atoms with Gasteiger partial charge in [-0.15, -0.1) is 0 Å². The first-order valence-corrected chi connectivity index (χ1v) is 9.24. The van der Waals surface area contributed by atoms with Crippen molar-refractivity contribution in [1.82, 2.24) is 15.5 Å². The van der Waals surface area contributed by atoms with Gasteiger partial charge in [0, 0.05) is 37.1 Å². The number of aliphatic imine (C=N–C) groups is 1.